The van der Waals surface area contributed by atoms with Gasteiger partial charge in [-0.2, -0.15) is 5.26 Å². The lowest BCUT2D eigenvalue weighted by molar-refractivity contribution is 0.175. The summed E-state index contributed by atoms with van der Waals surface area (Å²) >= 11 is 1.68. The zero-order chi connectivity index (χ0) is 16.7. The van der Waals surface area contributed by atoms with E-state index >= 15 is 0 Å². The van der Waals surface area contributed by atoms with Crippen molar-refractivity contribution >= 4 is 45.0 Å². The van der Waals surface area contributed by atoms with Crippen LogP contribution >= 0.6 is 23.7 Å². The van der Waals surface area contributed by atoms with Gasteiger partial charge in [-0.15, -0.1) is 23.7 Å². The highest BCUT2D eigenvalue weighted by Gasteiger charge is 2.28. The Hall–Kier alpha value is -1.68. The van der Waals surface area contributed by atoms with Crippen LogP contribution in [0.2, 0.25) is 0 Å². The summed E-state index contributed by atoms with van der Waals surface area (Å²) in [5.41, 5.74) is 2.96. The lowest BCUT2D eigenvalue weighted by atomic mass is 9.84. The second kappa shape index (κ2) is 7.28. The van der Waals surface area contributed by atoms with Crippen molar-refractivity contribution in [2.24, 2.45) is 5.92 Å². The van der Waals surface area contributed by atoms with Crippen molar-refractivity contribution in [3.05, 3.63) is 23.5 Å². The number of aliphatic hydroxyl groups is 1. The summed E-state index contributed by atoms with van der Waals surface area (Å²) in [5.74, 6) is 1.25. The van der Waals surface area contributed by atoms with Crippen molar-refractivity contribution in [3.63, 3.8) is 0 Å². The molecule has 1 aliphatic rings. The molecule has 0 aliphatic heterocycles. The van der Waals surface area contributed by atoms with E-state index in [1.165, 1.54) is 0 Å². The summed E-state index contributed by atoms with van der Waals surface area (Å²) < 4.78 is 3.40. The molecule has 3 aromatic heterocycles. The second-order valence-electron chi connectivity index (χ2n) is 6.68. The average Bonchev–Trinajstić information content (AvgIpc) is 3.19. The Balaban J connectivity index is 0.00000182. The van der Waals surface area contributed by atoms with E-state index in [1.54, 1.807) is 18.3 Å². The minimum Gasteiger partial charge on any atom is -0.385 e. The van der Waals surface area contributed by atoms with Gasteiger partial charge in [-0.25, -0.2) is 4.98 Å². The molecule has 5 nitrogen and oxygen atoms in total. The molecular weight excluding hydrogens is 356 g/mol. The largest absolute Gasteiger partial charge is 0.385 e. The van der Waals surface area contributed by atoms with Crippen LogP contribution in [0.4, 0.5) is 0 Å². The van der Waals surface area contributed by atoms with Gasteiger partial charge in [0.25, 0.3) is 0 Å². The maximum Gasteiger partial charge on any atom is 0.138 e. The van der Waals surface area contributed by atoms with Crippen LogP contribution in [0.1, 0.15) is 57.0 Å². The fraction of sp³-hybridized carbons (Fsp3) is 0.500. The first-order chi connectivity index (χ1) is 11.7. The molecule has 0 bridgehead atoms. The van der Waals surface area contributed by atoms with E-state index in [1.807, 2.05) is 12.3 Å². The molecule has 1 aliphatic carbocycles. The SMILES string of the molecule is C[C@@H](O)c1nc2cnc3ccsc3c2n1[C@H]1CC[C@H](CC#N)CC1.Cl. The highest BCUT2D eigenvalue weighted by molar-refractivity contribution is 7.18. The molecule has 1 atom stereocenters. The van der Waals surface area contributed by atoms with Gasteiger partial charge in [0.15, 0.2) is 0 Å². The number of nitrogens with zero attached hydrogens (tertiary/aromatic N) is 4. The summed E-state index contributed by atoms with van der Waals surface area (Å²) in [4.78, 5) is 9.16. The maximum atomic E-state index is 10.3. The van der Waals surface area contributed by atoms with Gasteiger partial charge in [0.2, 0.25) is 0 Å². The van der Waals surface area contributed by atoms with Crippen molar-refractivity contribution < 1.29 is 5.11 Å². The van der Waals surface area contributed by atoms with Gasteiger partial charge in [0, 0.05) is 12.5 Å². The van der Waals surface area contributed by atoms with E-state index < -0.39 is 6.10 Å². The maximum absolute atomic E-state index is 10.3. The second-order valence-corrected chi connectivity index (χ2v) is 7.60. The van der Waals surface area contributed by atoms with Crippen LogP contribution in [0.3, 0.4) is 0 Å². The van der Waals surface area contributed by atoms with Crippen LogP contribution in [-0.4, -0.2) is 19.6 Å². The lowest BCUT2D eigenvalue weighted by Gasteiger charge is -2.30. The number of imidazole rings is 1. The first-order valence-corrected chi connectivity index (χ1v) is 9.36. The third-order valence-electron chi connectivity index (χ3n) is 5.09. The monoisotopic (exact) mass is 376 g/mol. The molecule has 132 valence electrons. The molecule has 25 heavy (non-hydrogen) atoms. The first kappa shape index (κ1) is 18.1. The molecule has 0 amide bonds. The standard InChI is InChI=1S/C18H20N4OS.ClH/c1-11(23)18-21-15-10-20-14-7-9-24-17(14)16(15)22(18)13-4-2-12(3-5-13)6-8-19;/h7,9-13,23H,2-6H2,1H3;1H/t11-,12-,13-;/m1./s1. The molecule has 0 aromatic carbocycles. The molecule has 0 radical (unpaired) electrons. The van der Waals surface area contributed by atoms with Gasteiger partial charge in [0.05, 0.1) is 28.0 Å². The molecule has 0 unspecified atom stereocenters. The van der Waals surface area contributed by atoms with Crippen LogP contribution in [0.25, 0.3) is 21.3 Å². The highest BCUT2D eigenvalue weighted by Crippen LogP contribution is 2.39. The van der Waals surface area contributed by atoms with Gasteiger partial charge in [-0.1, -0.05) is 0 Å². The molecule has 3 aromatic rings. The number of aliphatic hydroxyl groups excluding tert-OH is 1. The zero-order valence-electron chi connectivity index (χ0n) is 14.1. The van der Waals surface area contributed by atoms with Crippen LogP contribution in [0.15, 0.2) is 17.6 Å². The van der Waals surface area contributed by atoms with Crippen LogP contribution in [-0.2, 0) is 0 Å². The van der Waals surface area contributed by atoms with Crippen LogP contribution in [0.5, 0.6) is 0 Å². The molecule has 0 spiro atoms. The van der Waals surface area contributed by atoms with Crippen LogP contribution in [0, 0.1) is 17.2 Å². The Morgan fingerprint density at radius 2 is 2.12 bits per heavy atom. The number of halogens is 1. The molecule has 4 rings (SSSR count). The zero-order valence-corrected chi connectivity index (χ0v) is 15.7. The molecule has 1 saturated carbocycles. The quantitative estimate of drug-likeness (QED) is 0.714. The first-order valence-electron chi connectivity index (χ1n) is 8.48. The van der Waals surface area contributed by atoms with Crippen molar-refractivity contribution in [1.82, 2.24) is 14.5 Å². The Bertz CT molecular complexity index is 918. The minimum atomic E-state index is -0.607. The summed E-state index contributed by atoms with van der Waals surface area (Å²) in [6.07, 6.45) is 6.06. The van der Waals surface area contributed by atoms with E-state index in [9.17, 15) is 5.11 Å². The molecule has 0 saturated heterocycles. The third-order valence-corrected chi connectivity index (χ3v) is 6.00. The van der Waals surface area contributed by atoms with Crippen molar-refractivity contribution in [2.45, 2.75) is 51.2 Å². The Morgan fingerprint density at radius 3 is 2.80 bits per heavy atom. The molecule has 3 heterocycles. The smallest absolute Gasteiger partial charge is 0.138 e. The predicted octanol–water partition coefficient (Wildman–Crippen LogP) is 4.77. The van der Waals surface area contributed by atoms with E-state index in [4.69, 9.17) is 5.26 Å². The fourth-order valence-electron chi connectivity index (χ4n) is 3.90. The van der Waals surface area contributed by atoms with E-state index in [0.717, 1.165) is 52.8 Å². The molecule has 1 fully saturated rings. The van der Waals surface area contributed by atoms with Crippen LogP contribution < -0.4 is 0 Å². The summed E-state index contributed by atoms with van der Waals surface area (Å²) in [7, 11) is 0. The number of aromatic nitrogens is 3. The number of nitriles is 1. The summed E-state index contributed by atoms with van der Waals surface area (Å²) in [5, 5.41) is 21.2. The molecule has 1 N–H and O–H groups in total. The number of hydrogen-bond donors (Lipinski definition) is 1. The van der Waals surface area contributed by atoms with E-state index in [2.05, 4.69) is 26.0 Å². The predicted molar refractivity (Wildman–Crippen MR) is 102 cm³/mol. The average molecular weight is 377 g/mol. The Morgan fingerprint density at radius 1 is 1.36 bits per heavy atom. The Kier molecular flexibility index (Phi) is 5.28. The van der Waals surface area contributed by atoms with Gasteiger partial charge in [0.1, 0.15) is 17.4 Å². The van der Waals surface area contributed by atoms with E-state index in [-0.39, 0.29) is 12.4 Å². The number of rotatable bonds is 3. The number of hydrogen-bond acceptors (Lipinski definition) is 5. The normalized spacial score (nSPS) is 21.8. The van der Waals surface area contributed by atoms with Crippen molar-refractivity contribution in [2.75, 3.05) is 0 Å². The lowest BCUT2D eigenvalue weighted by Crippen LogP contribution is -2.20. The summed E-state index contributed by atoms with van der Waals surface area (Å²) in [6, 6.07) is 4.67. The number of fused-ring (bicyclic) bond motifs is 3. The number of pyridine rings is 1. The topological polar surface area (TPSA) is 74.7 Å². The number of thiophene rings is 1. The minimum absolute atomic E-state index is 0. The van der Waals surface area contributed by atoms with Gasteiger partial charge in [-0.3, -0.25) is 4.98 Å². The van der Waals surface area contributed by atoms with Gasteiger partial charge < -0.3 is 9.67 Å². The highest BCUT2D eigenvalue weighted by atomic mass is 35.5. The van der Waals surface area contributed by atoms with Crippen molar-refractivity contribution in [1.29, 1.82) is 5.26 Å². The third kappa shape index (κ3) is 3.12. The van der Waals surface area contributed by atoms with Gasteiger partial charge >= 0.3 is 0 Å². The molecular formula is C18H21ClN4OS. The van der Waals surface area contributed by atoms with Gasteiger partial charge in [-0.05, 0) is 50.0 Å². The summed E-state index contributed by atoms with van der Waals surface area (Å²) in [6.45, 7) is 1.78. The Labute approximate surface area is 156 Å². The van der Waals surface area contributed by atoms with E-state index in [0.29, 0.717) is 18.4 Å². The molecule has 7 heteroatoms. The van der Waals surface area contributed by atoms with Crippen molar-refractivity contribution in [3.8, 4) is 6.07 Å². The fourth-order valence-corrected chi connectivity index (χ4v) is 4.79.